The van der Waals surface area contributed by atoms with Crippen LogP contribution in [0.1, 0.15) is 16.1 Å². The van der Waals surface area contributed by atoms with Gasteiger partial charge in [-0.25, -0.2) is 4.79 Å². The molecule has 1 aromatic heterocycles. The van der Waals surface area contributed by atoms with E-state index in [0.717, 1.165) is 36.1 Å². The number of nitrogens with two attached hydrogens (primary N) is 1. The van der Waals surface area contributed by atoms with Gasteiger partial charge < -0.3 is 24.5 Å². The molecule has 0 aliphatic carbocycles. The van der Waals surface area contributed by atoms with Crippen molar-refractivity contribution < 1.29 is 45.3 Å². The molecule has 0 saturated heterocycles. The maximum Gasteiger partial charge on any atom is 0.422 e. The summed E-state index contributed by atoms with van der Waals surface area (Å²) < 4.78 is 89.5. The standard InChI is InChI=1S/C17H13F6N3O4/c1-28-15(27)14-13(25)9(5-24)6-26(14)10-2-11(29-7-16(18,19)20)4-12(3-10)30-8-17(21,22)23/h2-4,6H,7-8,25H2,1H3. The first-order valence-corrected chi connectivity index (χ1v) is 7.88. The van der Waals surface area contributed by atoms with Crippen molar-refractivity contribution >= 4 is 11.7 Å². The lowest BCUT2D eigenvalue weighted by Gasteiger charge is -2.16. The lowest BCUT2D eigenvalue weighted by molar-refractivity contribution is -0.153. The zero-order chi connectivity index (χ0) is 22.7. The Morgan fingerprint density at radius 2 is 1.57 bits per heavy atom. The van der Waals surface area contributed by atoms with Gasteiger partial charge in [0.25, 0.3) is 0 Å². The molecule has 0 spiro atoms. The first kappa shape index (κ1) is 22.7. The third-order valence-corrected chi connectivity index (χ3v) is 3.49. The van der Waals surface area contributed by atoms with Gasteiger partial charge in [0.05, 0.1) is 24.0 Å². The Bertz CT molecular complexity index is 939. The molecule has 0 fully saturated rings. The highest BCUT2D eigenvalue weighted by Gasteiger charge is 2.30. The fraction of sp³-hybridized carbons (Fsp3) is 0.294. The fourth-order valence-electron chi connectivity index (χ4n) is 2.31. The van der Waals surface area contributed by atoms with Gasteiger partial charge in [-0.05, 0) is 0 Å². The average Bonchev–Trinajstić information content (AvgIpc) is 2.99. The fourth-order valence-corrected chi connectivity index (χ4v) is 2.31. The number of carbonyl (C=O) groups excluding carboxylic acids is 1. The van der Waals surface area contributed by atoms with Crippen molar-refractivity contribution in [2.24, 2.45) is 0 Å². The second kappa shape index (κ2) is 8.44. The molecule has 162 valence electrons. The number of aromatic nitrogens is 1. The van der Waals surface area contributed by atoms with Gasteiger partial charge in [-0.15, -0.1) is 0 Å². The summed E-state index contributed by atoms with van der Waals surface area (Å²) in [6.45, 7) is -3.45. The van der Waals surface area contributed by atoms with E-state index in [1.807, 2.05) is 0 Å². The predicted molar refractivity (Wildman–Crippen MR) is 89.3 cm³/mol. The molecule has 0 aliphatic heterocycles. The summed E-state index contributed by atoms with van der Waals surface area (Å²) in [7, 11) is 1.02. The molecule has 7 nitrogen and oxygen atoms in total. The minimum absolute atomic E-state index is 0.152. The molecular formula is C17H13F6N3O4. The van der Waals surface area contributed by atoms with Crippen LogP contribution in [0.25, 0.3) is 5.69 Å². The van der Waals surface area contributed by atoms with Gasteiger partial charge in [0.15, 0.2) is 18.9 Å². The van der Waals surface area contributed by atoms with E-state index < -0.39 is 43.0 Å². The number of carbonyl (C=O) groups is 1. The van der Waals surface area contributed by atoms with E-state index >= 15 is 0 Å². The van der Waals surface area contributed by atoms with E-state index in [9.17, 15) is 31.1 Å². The molecule has 0 aliphatic rings. The molecule has 1 heterocycles. The van der Waals surface area contributed by atoms with E-state index in [1.54, 1.807) is 6.07 Å². The summed E-state index contributed by atoms with van der Waals surface area (Å²) in [5.41, 5.74) is 4.76. The number of nitrogens with zero attached hydrogens (tertiary/aromatic N) is 2. The van der Waals surface area contributed by atoms with Gasteiger partial charge in [0.2, 0.25) is 0 Å². The number of halogens is 6. The van der Waals surface area contributed by atoms with Crippen LogP contribution >= 0.6 is 0 Å². The van der Waals surface area contributed by atoms with Gasteiger partial charge >= 0.3 is 18.3 Å². The number of methoxy groups -OCH3 is 1. The van der Waals surface area contributed by atoms with Gasteiger partial charge in [0.1, 0.15) is 17.6 Å². The van der Waals surface area contributed by atoms with Crippen molar-refractivity contribution in [2.45, 2.75) is 12.4 Å². The largest absolute Gasteiger partial charge is 0.484 e. The SMILES string of the molecule is COC(=O)c1c(N)c(C#N)cn1-c1cc(OCC(F)(F)F)cc(OCC(F)(F)F)c1. The Morgan fingerprint density at radius 1 is 1.07 bits per heavy atom. The highest BCUT2D eigenvalue weighted by molar-refractivity contribution is 5.96. The van der Waals surface area contributed by atoms with Crippen molar-refractivity contribution in [3.05, 3.63) is 35.7 Å². The predicted octanol–water partition coefficient (Wildman–Crippen LogP) is 3.60. The summed E-state index contributed by atoms with van der Waals surface area (Å²) in [6, 6.07) is 4.53. The summed E-state index contributed by atoms with van der Waals surface area (Å²) in [5.74, 6) is -1.99. The molecule has 13 heteroatoms. The summed E-state index contributed by atoms with van der Waals surface area (Å²) >= 11 is 0. The first-order valence-electron chi connectivity index (χ1n) is 7.88. The highest BCUT2D eigenvalue weighted by atomic mass is 19.4. The third kappa shape index (κ3) is 5.72. The molecule has 0 radical (unpaired) electrons. The summed E-state index contributed by atoms with van der Waals surface area (Å²) in [6.07, 6.45) is -8.37. The maximum atomic E-state index is 12.5. The molecule has 0 bridgehead atoms. The maximum absolute atomic E-state index is 12.5. The quantitative estimate of drug-likeness (QED) is 0.548. The van der Waals surface area contributed by atoms with E-state index in [2.05, 4.69) is 14.2 Å². The minimum Gasteiger partial charge on any atom is -0.484 e. The Morgan fingerprint density at radius 3 is 1.97 bits per heavy atom. The van der Waals surface area contributed by atoms with E-state index in [1.165, 1.54) is 0 Å². The normalized spacial score (nSPS) is 11.7. The molecule has 1 aromatic carbocycles. The van der Waals surface area contributed by atoms with Crippen LogP contribution in [0.3, 0.4) is 0 Å². The van der Waals surface area contributed by atoms with Crippen molar-refractivity contribution in [3.8, 4) is 23.3 Å². The number of esters is 1. The van der Waals surface area contributed by atoms with Crippen LogP contribution in [0.5, 0.6) is 11.5 Å². The molecule has 0 atom stereocenters. The van der Waals surface area contributed by atoms with Crippen molar-refractivity contribution in [1.29, 1.82) is 5.26 Å². The third-order valence-electron chi connectivity index (χ3n) is 3.49. The van der Waals surface area contributed by atoms with Crippen LogP contribution < -0.4 is 15.2 Å². The molecule has 2 N–H and O–H groups in total. The first-order chi connectivity index (χ1) is 13.8. The number of hydrogen-bond donors (Lipinski definition) is 1. The van der Waals surface area contributed by atoms with Crippen molar-refractivity contribution in [2.75, 3.05) is 26.1 Å². The second-order valence-corrected chi connectivity index (χ2v) is 5.75. The lowest BCUT2D eigenvalue weighted by Crippen LogP contribution is -2.20. The second-order valence-electron chi connectivity index (χ2n) is 5.75. The average molecular weight is 437 g/mol. The van der Waals surface area contributed by atoms with Crippen molar-refractivity contribution in [1.82, 2.24) is 4.57 Å². The number of nitriles is 1. The monoisotopic (exact) mass is 437 g/mol. The smallest absolute Gasteiger partial charge is 0.422 e. The number of anilines is 1. The van der Waals surface area contributed by atoms with Crippen LogP contribution in [0.15, 0.2) is 24.4 Å². The van der Waals surface area contributed by atoms with Crippen molar-refractivity contribution in [3.63, 3.8) is 0 Å². The Labute approximate surface area is 165 Å². The van der Waals surface area contributed by atoms with Crippen LogP contribution in [0, 0.1) is 11.3 Å². The Hall–Kier alpha value is -3.56. The van der Waals surface area contributed by atoms with Gasteiger partial charge in [-0.1, -0.05) is 0 Å². The van der Waals surface area contributed by atoms with Gasteiger partial charge in [0, 0.05) is 24.4 Å². The lowest BCUT2D eigenvalue weighted by atomic mass is 10.2. The molecule has 0 unspecified atom stereocenters. The number of nitrogen functional groups attached to an aromatic ring is 1. The van der Waals surface area contributed by atoms with E-state index in [0.29, 0.717) is 0 Å². The van der Waals surface area contributed by atoms with Crippen LogP contribution in [0.2, 0.25) is 0 Å². The Kier molecular flexibility index (Phi) is 6.39. The summed E-state index contributed by atoms with van der Waals surface area (Å²) in [5, 5.41) is 9.12. The minimum atomic E-state index is -4.72. The van der Waals surface area contributed by atoms with E-state index in [-0.39, 0.29) is 22.6 Å². The molecule has 2 rings (SSSR count). The molecule has 2 aromatic rings. The number of hydrogen-bond acceptors (Lipinski definition) is 6. The number of benzene rings is 1. The highest BCUT2D eigenvalue weighted by Crippen LogP contribution is 2.32. The number of rotatable bonds is 6. The Balaban J connectivity index is 2.58. The van der Waals surface area contributed by atoms with E-state index in [4.69, 9.17) is 11.0 Å². The molecular weight excluding hydrogens is 424 g/mol. The van der Waals surface area contributed by atoms with Crippen LogP contribution in [-0.4, -0.2) is 43.2 Å². The zero-order valence-corrected chi connectivity index (χ0v) is 15.1. The molecule has 30 heavy (non-hydrogen) atoms. The zero-order valence-electron chi connectivity index (χ0n) is 15.1. The summed E-state index contributed by atoms with van der Waals surface area (Å²) in [4.78, 5) is 12.0. The van der Waals surface area contributed by atoms with Crippen LogP contribution in [0.4, 0.5) is 32.0 Å². The van der Waals surface area contributed by atoms with Gasteiger partial charge in [-0.2, -0.15) is 31.6 Å². The molecule has 0 amide bonds. The van der Waals surface area contributed by atoms with Gasteiger partial charge in [-0.3, -0.25) is 0 Å². The topological polar surface area (TPSA) is 99.5 Å². The van der Waals surface area contributed by atoms with Crippen LogP contribution in [-0.2, 0) is 4.74 Å². The number of alkyl halides is 6. The molecule has 0 saturated carbocycles. The number of ether oxygens (including phenoxy) is 3.